The summed E-state index contributed by atoms with van der Waals surface area (Å²) < 4.78 is 0. The highest BCUT2D eigenvalue weighted by molar-refractivity contribution is 5.79. The van der Waals surface area contributed by atoms with Gasteiger partial charge in [0, 0.05) is 24.9 Å². The topological polar surface area (TPSA) is 75.3 Å². The number of hydrogen-bond donors (Lipinski definition) is 2. The van der Waals surface area contributed by atoms with E-state index < -0.39 is 0 Å². The van der Waals surface area contributed by atoms with Gasteiger partial charge in [-0.2, -0.15) is 0 Å². The molecule has 0 aliphatic heterocycles. The van der Waals surface area contributed by atoms with E-state index in [1.807, 2.05) is 6.92 Å². The summed E-state index contributed by atoms with van der Waals surface area (Å²) in [5.74, 6) is 0.475. The molecule has 0 rings (SSSR count). The standard InChI is InChI=1S/C17H32N2O3/c1-14(2)16(10-6-4-5-7-12-20)17(22)19-15(3)9-8-11-18-13-21/h12-16H,4-11H2,1-3H3,(H,18,21)(H,19,22)/t15?,16-/m0/s1. The number of unbranched alkanes of at least 4 members (excludes halogenated alkanes) is 3. The molecular formula is C17H32N2O3. The Morgan fingerprint density at radius 1 is 1.00 bits per heavy atom. The molecular weight excluding hydrogens is 280 g/mol. The van der Waals surface area contributed by atoms with Crippen LogP contribution in [0.4, 0.5) is 0 Å². The first-order valence-electron chi connectivity index (χ1n) is 8.44. The third-order valence-electron chi connectivity index (χ3n) is 3.91. The number of aldehydes is 1. The van der Waals surface area contributed by atoms with Crippen LogP contribution in [0.2, 0.25) is 0 Å². The highest BCUT2D eigenvalue weighted by atomic mass is 16.2. The molecule has 2 atom stereocenters. The molecule has 128 valence electrons. The van der Waals surface area contributed by atoms with Crippen LogP contribution in [0.1, 0.15) is 65.7 Å². The van der Waals surface area contributed by atoms with Gasteiger partial charge in [0.15, 0.2) is 0 Å². The van der Waals surface area contributed by atoms with Crippen LogP contribution in [0.15, 0.2) is 0 Å². The smallest absolute Gasteiger partial charge is 0.223 e. The van der Waals surface area contributed by atoms with Gasteiger partial charge in [-0.3, -0.25) is 9.59 Å². The van der Waals surface area contributed by atoms with Crippen LogP contribution >= 0.6 is 0 Å². The average molecular weight is 312 g/mol. The van der Waals surface area contributed by atoms with E-state index in [0.717, 1.165) is 44.8 Å². The van der Waals surface area contributed by atoms with Gasteiger partial charge in [0.05, 0.1) is 0 Å². The molecule has 22 heavy (non-hydrogen) atoms. The fourth-order valence-electron chi connectivity index (χ4n) is 2.53. The normalized spacial score (nSPS) is 13.5. The summed E-state index contributed by atoms with van der Waals surface area (Å²) in [5, 5.41) is 5.70. The largest absolute Gasteiger partial charge is 0.359 e. The summed E-state index contributed by atoms with van der Waals surface area (Å²) in [7, 11) is 0. The Balaban J connectivity index is 4.06. The van der Waals surface area contributed by atoms with Gasteiger partial charge in [-0.1, -0.05) is 26.7 Å². The monoisotopic (exact) mass is 312 g/mol. The van der Waals surface area contributed by atoms with Gasteiger partial charge >= 0.3 is 0 Å². The Bertz CT molecular complexity index is 319. The molecule has 0 spiro atoms. The van der Waals surface area contributed by atoms with Crippen molar-refractivity contribution in [2.45, 2.75) is 71.8 Å². The lowest BCUT2D eigenvalue weighted by atomic mass is 9.89. The van der Waals surface area contributed by atoms with Crippen LogP contribution < -0.4 is 10.6 Å². The molecule has 0 saturated heterocycles. The summed E-state index contributed by atoms with van der Waals surface area (Å²) in [6, 6.07) is 0.122. The molecule has 0 aromatic rings. The zero-order valence-electron chi connectivity index (χ0n) is 14.3. The molecule has 1 unspecified atom stereocenters. The van der Waals surface area contributed by atoms with Crippen LogP contribution in [-0.4, -0.2) is 31.2 Å². The molecule has 5 nitrogen and oxygen atoms in total. The highest BCUT2D eigenvalue weighted by Crippen LogP contribution is 2.19. The summed E-state index contributed by atoms with van der Waals surface area (Å²) >= 11 is 0. The summed E-state index contributed by atoms with van der Waals surface area (Å²) in [4.78, 5) is 32.8. The van der Waals surface area contributed by atoms with E-state index in [0.29, 0.717) is 25.3 Å². The number of amides is 2. The Morgan fingerprint density at radius 3 is 2.32 bits per heavy atom. The summed E-state index contributed by atoms with van der Waals surface area (Å²) in [5.41, 5.74) is 0. The Kier molecular flexibility index (Phi) is 12.4. The first-order chi connectivity index (χ1) is 10.5. The maximum atomic E-state index is 12.4. The fraction of sp³-hybridized carbons (Fsp3) is 0.824. The van der Waals surface area contributed by atoms with Gasteiger partial charge in [-0.15, -0.1) is 0 Å². The van der Waals surface area contributed by atoms with E-state index in [9.17, 15) is 14.4 Å². The summed E-state index contributed by atoms with van der Waals surface area (Å²) in [6.07, 6.45) is 7.76. The third-order valence-corrected chi connectivity index (χ3v) is 3.91. The van der Waals surface area contributed by atoms with Crippen LogP contribution in [0.3, 0.4) is 0 Å². The van der Waals surface area contributed by atoms with E-state index >= 15 is 0 Å². The van der Waals surface area contributed by atoms with Crippen molar-refractivity contribution in [3.8, 4) is 0 Å². The van der Waals surface area contributed by atoms with Gasteiger partial charge in [-0.25, -0.2) is 0 Å². The Labute approximate surface area is 134 Å². The molecule has 5 heteroatoms. The molecule has 0 aliphatic rings. The van der Waals surface area contributed by atoms with Crippen LogP contribution in [0.5, 0.6) is 0 Å². The van der Waals surface area contributed by atoms with E-state index in [4.69, 9.17) is 0 Å². The van der Waals surface area contributed by atoms with Gasteiger partial charge in [0.25, 0.3) is 0 Å². The SMILES string of the molecule is CC(CCCNC=O)NC(=O)[C@@H](CCCCCC=O)C(C)C. The third kappa shape index (κ3) is 10.4. The van der Waals surface area contributed by atoms with Crippen molar-refractivity contribution in [1.29, 1.82) is 0 Å². The van der Waals surface area contributed by atoms with Crippen LogP contribution in [-0.2, 0) is 14.4 Å². The lowest BCUT2D eigenvalue weighted by molar-refractivity contribution is -0.127. The molecule has 0 aromatic carbocycles. The molecule has 2 N–H and O–H groups in total. The van der Waals surface area contributed by atoms with Crippen molar-refractivity contribution in [2.24, 2.45) is 11.8 Å². The number of hydrogen-bond acceptors (Lipinski definition) is 3. The minimum Gasteiger partial charge on any atom is -0.359 e. The van der Waals surface area contributed by atoms with Gasteiger partial charge < -0.3 is 15.4 Å². The van der Waals surface area contributed by atoms with Crippen LogP contribution in [0, 0.1) is 11.8 Å². The molecule has 0 heterocycles. The second-order valence-corrected chi connectivity index (χ2v) is 6.28. The zero-order valence-corrected chi connectivity index (χ0v) is 14.3. The second-order valence-electron chi connectivity index (χ2n) is 6.28. The predicted octanol–water partition coefficient (Wildman–Crippen LogP) is 2.44. The van der Waals surface area contributed by atoms with Crippen molar-refractivity contribution >= 4 is 18.6 Å². The molecule has 0 radical (unpaired) electrons. The molecule has 0 aromatic heterocycles. The zero-order chi connectivity index (χ0) is 16.8. The van der Waals surface area contributed by atoms with Crippen molar-refractivity contribution in [1.82, 2.24) is 10.6 Å². The first-order valence-corrected chi connectivity index (χ1v) is 8.44. The maximum Gasteiger partial charge on any atom is 0.223 e. The fourth-order valence-corrected chi connectivity index (χ4v) is 2.53. The Morgan fingerprint density at radius 2 is 1.73 bits per heavy atom. The second kappa shape index (κ2) is 13.3. The maximum absolute atomic E-state index is 12.4. The quantitative estimate of drug-likeness (QED) is 0.382. The number of rotatable bonds is 14. The summed E-state index contributed by atoms with van der Waals surface area (Å²) in [6.45, 7) is 6.80. The Hall–Kier alpha value is -1.39. The van der Waals surface area contributed by atoms with Crippen molar-refractivity contribution < 1.29 is 14.4 Å². The minimum absolute atomic E-state index is 0.0341. The van der Waals surface area contributed by atoms with Crippen molar-refractivity contribution in [3.05, 3.63) is 0 Å². The van der Waals surface area contributed by atoms with Crippen LogP contribution in [0.25, 0.3) is 0 Å². The first kappa shape index (κ1) is 20.6. The number of carbonyl (C=O) groups is 3. The minimum atomic E-state index is 0.0341. The van der Waals surface area contributed by atoms with E-state index in [1.165, 1.54) is 0 Å². The van der Waals surface area contributed by atoms with Crippen molar-refractivity contribution in [3.63, 3.8) is 0 Å². The number of carbonyl (C=O) groups excluding carboxylic acids is 3. The average Bonchev–Trinajstić information content (AvgIpc) is 2.46. The van der Waals surface area contributed by atoms with Crippen molar-refractivity contribution in [2.75, 3.05) is 6.54 Å². The predicted molar refractivity (Wildman–Crippen MR) is 88.4 cm³/mol. The molecule has 2 amide bonds. The van der Waals surface area contributed by atoms with E-state index in [1.54, 1.807) is 0 Å². The van der Waals surface area contributed by atoms with E-state index in [-0.39, 0.29) is 17.9 Å². The molecule has 0 fully saturated rings. The van der Waals surface area contributed by atoms with Gasteiger partial charge in [0.1, 0.15) is 6.29 Å². The number of nitrogens with one attached hydrogen (secondary N) is 2. The lowest BCUT2D eigenvalue weighted by Gasteiger charge is -2.23. The molecule has 0 bridgehead atoms. The highest BCUT2D eigenvalue weighted by Gasteiger charge is 2.22. The van der Waals surface area contributed by atoms with Gasteiger partial charge in [-0.05, 0) is 38.5 Å². The molecule has 0 saturated carbocycles. The molecule has 0 aliphatic carbocycles. The van der Waals surface area contributed by atoms with Gasteiger partial charge in [0.2, 0.25) is 12.3 Å². The lowest BCUT2D eigenvalue weighted by Crippen LogP contribution is -2.39. The van der Waals surface area contributed by atoms with E-state index in [2.05, 4.69) is 24.5 Å².